The van der Waals surface area contributed by atoms with Gasteiger partial charge in [-0.1, -0.05) is 0 Å². The molecule has 0 aliphatic heterocycles. The number of rotatable bonds is 4. The van der Waals surface area contributed by atoms with Crippen LogP contribution in [-0.4, -0.2) is 23.7 Å². The minimum atomic E-state index is -0.520. The van der Waals surface area contributed by atoms with Gasteiger partial charge in [0.05, 0.1) is 12.3 Å². The van der Waals surface area contributed by atoms with Gasteiger partial charge in [-0.05, 0) is 6.92 Å². The van der Waals surface area contributed by atoms with Gasteiger partial charge in [0.2, 0.25) is 0 Å². The van der Waals surface area contributed by atoms with E-state index in [1.165, 1.54) is 0 Å². The third-order valence-electron chi connectivity index (χ3n) is 1.73. The number of aromatic nitrogens is 2. The van der Waals surface area contributed by atoms with Crippen molar-refractivity contribution in [3.05, 3.63) is 17.3 Å². The molecule has 14 heavy (non-hydrogen) atoms. The summed E-state index contributed by atoms with van der Waals surface area (Å²) in [6.45, 7) is 2.06. The van der Waals surface area contributed by atoms with Crippen LogP contribution in [0.2, 0.25) is 0 Å². The molecule has 0 aliphatic rings. The van der Waals surface area contributed by atoms with E-state index in [0.29, 0.717) is 18.9 Å². The van der Waals surface area contributed by atoms with Gasteiger partial charge in [0.1, 0.15) is 5.82 Å². The summed E-state index contributed by atoms with van der Waals surface area (Å²) in [6.07, 6.45) is 0.534. The Hall–Kier alpha value is -1.27. The number of hydrogen-bond acceptors (Lipinski definition) is 5. The topological polar surface area (TPSA) is 73.1 Å². The monoisotopic (exact) mass is 200 g/mol. The average Bonchev–Trinajstić information content (AvgIpc) is 2.19. The number of halogens is 1. The number of anilines is 1. The van der Waals surface area contributed by atoms with Crippen LogP contribution in [0.4, 0.5) is 10.2 Å². The van der Waals surface area contributed by atoms with E-state index >= 15 is 0 Å². The number of nitrogens with two attached hydrogens (primary N) is 1. The third-order valence-corrected chi connectivity index (χ3v) is 1.73. The highest BCUT2D eigenvalue weighted by Gasteiger charge is 2.09. The molecule has 0 radical (unpaired) electrons. The van der Waals surface area contributed by atoms with E-state index in [1.807, 2.05) is 0 Å². The van der Waals surface area contributed by atoms with Crippen LogP contribution in [0.15, 0.2) is 0 Å². The fourth-order valence-electron chi connectivity index (χ4n) is 1.02. The Bertz CT molecular complexity index is 318. The lowest BCUT2D eigenvalue weighted by Crippen LogP contribution is -2.14. The average molecular weight is 200 g/mol. The minimum absolute atomic E-state index is 0.0172. The molecule has 1 aromatic heterocycles. The molecule has 1 rings (SSSR count). The first kappa shape index (κ1) is 10.8. The SMILES string of the molecule is COCCc1nc(C)c(F)c(NN)n1. The van der Waals surface area contributed by atoms with E-state index in [9.17, 15) is 4.39 Å². The van der Waals surface area contributed by atoms with E-state index in [0.717, 1.165) is 0 Å². The predicted octanol–water partition coefficient (Wildman–Crippen LogP) is 0.399. The molecule has 0 fully saturated rings. The highest BCUT2D eigenvalue weighted by Crippen LogP contribution is 2.12. The minimum Gasteiger partial charge on any atom is -0.384 e. The van der Waals surface area contributed by atoms with Gasteiger partial charge < -0.3 is 10.2 Å². The number of aryl methyl sites for hydroxylation is 1. The van der Waals surface area contributed by atoms with Crippen molar-refractivity contribution in [2.24, 2.45) is 5.84 Å². The van der Waals surface area contributed by atoms with Crippen molar-refractivity contribution in [1.82, 2.24) is 9.97 Å². The molecule has 0 aliphatic carbocycles. The maximum atomic E-state index is 13.2. The predicted molar refractivity (Wildman–Crippen MR) is 50.1 cm³/mol. The molecule has 0 saturated heterocycles. The zero-order valence-electron chi connectivity index (χ0n) is 8.17. The highest BCUT2D eigenvalue weighted by molar-refractivity contribution is 5.36. The summed E-state index contributed by atoms with van der Waals surface area (Å²) >= 11 is 0. The molecule has 0 bridgehead atoms. The molecule has 5 nitrogen and oxygen atoms in total. The second kappa shape index (κ2) is 4.83. The molecule has 0 unspecified atom stereocenters. The van der Waals surface area contributed by atoms with E-state index in [2.05, 4.69) is 15.4 Å². The summed E-state index contributed by atoms with van der Waals surface area (Å²) in [5.41, 5.74) is 2.46. The normalized spacial score (nSPS) is 10.3. The number of methoxy groups -OCH3 is 1. The van der Waals surface area contributed by atoms with E-state index in [4.69, 9.17) is 10.6 Å². The number of ether oxygens (including phenoxy) is 1. The maximum Gasteiger partial charge on any atom is 0.187 e. The molecule has 0 aromatic carbocycles. The van der Waals surface area contributed by atoms with Gasteiger partial charge in [-0.15, -0.1) is 0 Å². The first-order chi connectivity index (χ1) is 6.69. The zero-order chi connectivity index (χ0) is 10.6. The van der Waals surface area contributed by atoms with Crippen LogP contribution in [-0.2, 0) is 11.2 Å². The lowest BCUT2D eigenvalue weighted by atomic mass is 10.3. The van der Waals surface area contributed by atoms with Gasteiger partial charge in [-0.3, -0.25) is 0 Å². The Labute approximate surface area is 81.5 Å². The summed E-state index contributed by atoms with van der Waals surface area (Å²) in [5, 5.41) is 0. The number of hydrazine groups is 1. The molecule has 0 atom stereocenters. The van der Waals surface area contributed by atoms with Crippen LogP contribution in [0.1, 0.15) is 11.5 Å². The summed E-state index contributed by atoms with van der Waals surface area (Å²) < 4.78 is 18.1. The van der Waals surface area contributed by atoms with Crippen molar-refractivity contribution in [3.8, 4) is 0 Å². The van der Waals surface area contributed by atoms with Gasteiger partial charge in [0.15, 0.2) is 11.6 Å². The van der Waals surface area contributed by atoms with E-state index in [1.54, 1.807) is 14.0 Å². The first-order valence-corrected chi connectivity index (χ1v) is 4.17. The van der Waals surface area contributed by atoms with Crippen LogP contribution in [0, 0.1) is 12.7 Å². The quantitative estimate of drug-likeness (QED) is 0.543. The molecule has 3 N–H and O–H groups in total. The molecule has 1 heterocycles. The molecule has 0 saturated carbocycles. The summed E-state index contributed by atoms with van der Waals surface area (Å²) in [7, 11) is 1.58. The van der Waals surface area contributed by atoms with Crippen LogP contribution in [0.25, 0.3) is 0 Å². The largest absolute Gasteiger partial charge is 0.384 e. The fraction of sp³-hybridized carbons (Fsp3) is 0.500. The highest BCUT2D eigenvalue weighted by atomic mass is 19.1. The van der Waals surface area contributed by atoms with Crippen molar-refractivity contribution < 1.29 is 9.13 Å². The second-order valence-electron chi connectivity index (χ2n) is 2.77. The zero-order valence-corrected chi connectivity index (χ0v) is 8.17. The number of nitrogen functional groups attached to an aromatic ring is 1. The standard InChI is InChI=1S/C8H13FN4O/c1-5-7(9)8(13-10)12-6(11-5)3-4-14-2/h3-4,10H2,1-2H3,(H,11,12,13). The van der Waals surface area contributed by atoms with Crippen molar-refractivity contribution >= 4 is 5.82 Å². The van der Waals surface area contributed by atoms with Gasteiger partial charge in [0, 0.05) is 13.5 Å². The lowest BCUT2D eigenvalue weighted by Gasteiger charge is -2.06. The number of nitrogens with one attached hydrogen (secondary N) is 1. The molecular weight excluding hydrogens is 187 g/mol. The van der Waals surface area contributed by atoms with Gasteiger partial charge in [0.25, 0.3) is 0 Å². The Morgan fingerprint density at radius 2 is 2.21 bits per heavy atom. The summed E-state index contributed by atoms with van der Waals surface area (Å²) in [5.74, 6) is 5.12. The van der Waals surface area contributed by atoms with E-state index in [-0.39, 0.29) is 11.5 Å². The van der Waals surface area contributed by atoms with Crippen LogP contribution >= 0.6 is 0 Å². The molecular formula is C8H13FN4O. The second-order valence-corrected chi connectivity index (χ2v) is 2.77. The molecule has 0 spiro atoms. The lowest BCUT2D eigenvalue weighted by molar-refractivity contribution is 0.200. The Morgan fingerprint density at radius 1 is 1.50 bits per heavy atom. The van der Waals surface area contributed by atoms with E-state index < -0.39 is 5.82 Å². The fourth-order valence-corrected chi connectivity index (χ4v) is 1.02. The van der Waals surface area contributed by atoms with Crippen molar-refractivity contribution in [3.63, 3.8) is 0 Å². The Kier molecular flexibility index (Phi) is 3.73. The molecule has 6 heteroatoms. The maximum absolute atomic E-state index is 13.2. The van der Waals surface area contributed by atoms with Crippen molar-refractivity contribution in [2.45, 2.75) is 13.3 Å². The Morgan fingerprint density at radius 3 is 2.79 bits per heavy atom. The molecule has 0 amide bonds. The van der Waals surface area contributed by atoms with Gasteiger partial charge >= 0.3 is 0 Å². The van der Waals surface area contributed by atoms with Crippen molar-refractivity contribution in [1.29, 1.82) is 0 Å². The number of nitrogens with zero attached hydrogens (tertiary/aromatic N) is 2. The number of hydrogen-bond donors (Lipinski definition) is 2. The smallest absolute Gasteiger partial charge is 0.187 e. The Balaban J connectivity index is 2.91. The molecule has 78 valence electrons. The summed E-state index contributed by atoms with van der Waals surface area (Å²) in [6, 6.07) is 0. The van der Waals surface area contributed by atoms with Crippen LogP contribution in [0.3, 0.4) is 0 Å². The van der Waals surface area contributed by atoms with Crippen molar-refractivity contribution in [2.75, 3.05) is 19.1 Å². The van der Waals surface area contributed by atoms with Gasteiger partial charge in [-0.2, -0.15) is 0 Å². The molecule has 1 aromatic rings. The van der Waals surface area contributed by atoms with Crippen LogP contribution in [0.5, 0.6) is 0 Å². The summed E-state index contributed by atoms with van der Waals surface area (Å²) in [4.78, 5) is 7.84. The third kappa shape index (κ3) is 2.36. The first-order valence-electron chi connectivity index (χ1n) is 4.17. The van der Waals surface area contributed by atoms with Gasteiger partial charge in [-0.25, -0.2) is 20.2 Å². The van der Waals surface area contributed by atoms with Crippen LogP contribution < -0.4 is 11.3 Å².